The van der Waals surface area contributed by atoms with E-state index < -0.39 is 0 Å². The van der Waals surface area contributed by atoms with Gasteiger partial charge in [0.05, 0.1) is 13.2 Å². The summed E-state index contributed by atoms with van der Waals surface area (Å²) in [5.41, 5.74) is 4.21. The van der Waals surface area contributed by atoms with Crippen molar-refractivity contribution < 1.29 is 14.3 Å². The van der Waals surface area contributed by atoms with Gasteiger partial charge >= 0.3 is 0 Å². The number of nitrogens with one attached hydrogen (secondary N) is 1. The van der Waals surface area contributed by atoms with Crippen LogP contribution in [0.15, 0.2) is 24.3 Å². The van der Waals surface area contributed by atoms with Gasteiger partial charge in [0.2, 0.25) is 5.88 Å². The third-order valence-corrected chi connectivity index (χ3v) is 4.83. The SMILES string of the molecule is COc1nc(C)c(-c2cccc(C(=O)NC[C@@H]3CCCO3)c2)c(C)c1C#N. The highest BCUT2D eigenvalue weighted by atomic mass is 16.5. The van der Waals surface area contributed by atoms with Crippen LogP contribution >= 0.6 is 0 Å². The first-order chi connectivity index (χ1) is 13.0. The van der Waals surface area contributed by atoms with E-state index in [-0.39, 0.29) is 12.0 Å². The number of pyridine rings is 1. The van der Waals surface area contributed by atoms with E-state index in [4.69, 9.17) is 9.47 Å². The molecule has 6 heteroatoms. The van der Waals surface area contributed by atoms with Crippen LogP contribution in [0.1, 0.15) is 40.0 Å². The minimum atomic E-state index is -0.135. The standard InChI is InChI=1S/C21H23N3O3/c1-13-18(11-22)21(26-3)24-14(2)19(13)15-6-4-7-16(10-15)20(25)23-12-17-8-5-9-27-17/h4,6-7,10,17H,5,8-9,12H2,1-3H3,(H,23,25)/t17-/m0/s1. The maximum atomic E-state index is 12.5. The molecule has 1 amide bonds. The van der Waals surface area contributed by atoms with E-state index in [1.165, 1.54) is 7.11 Å². The zero-order valence-electron chi connectivity index (χ0n) is 15.8. The van der Waals surface area contributed by atoms with Crippen LogP contribution in [0.2, 0.25) is 0 Å². The molecule has 0 spiro atoms. The first-order valence-electron chi connectivity index (χ1n) is 9.00. The second kappa shape index (κ2) is 8.19. The van der Waals surface area contributed by atoms with Gasteiger partial charge in [-0.1, -0.05) is 12.1 Å². The van der Waals surface area contributed by atoms with Crippen LogP contribution in [-0.4, -0.2) is 37.3 Å². The van der Waals surface area contributed by atoms with Crippen molar-refractivity contribution >= 4 is 5.91 Å². The smallest absolute Gasteiger partial charge is 0.251 e. The van der Waals surface area contributed by atoms with Gasteiger partial charge in [0.15, 0.2) is 0 Å². The quantitative estimate of drug-likeness (QED) is 0.880. The van der Waals surface area contributed by atoms with Crippen LogP contribution in [0.5, 0.6) is 5.88 Å². The zero-order valence-corrected chi connectivity index (χ0v) is 15.8. The van der Waals surface area contributed by atoms with Crippen molar-refractivity contribution in [1.82, 2.24) is 10.3 Å². The molecular weight excluding hydrogens is 342 g/mol. The molecule has 3 rings (SSSR count). The Morgan fingerprint density at radius 2 is 2.26 bits per heavy atom. The predicted molar refractivity (Wildman–Crippen MR) is 102 cm³/mol. The first kappa shape index (κ1) is 18.9. The Morgan fingerprint density at radius 3 is 2.93 bits per heavy atom. The Morgan fingerprint density at radius 1 is 1.44 bits per heavy atom. The maximum absolute atomic E-state index is 12.5. The number of hydrogen-bond acceptors (Lipinski definition) is 5. The van der Waals surface area contributed by atoms with Crippen LogP contribution in [0.25, 0.3) is 11.1 Å². The lowest BCUT2D eigenvalue weighted by atomic mass is 9.95. The van der Waals surface area contributed by atoms with Crippen LogP contribution in [0.4, 0.5) is 0 Å². The summed E-state index contributed by atoms with van der Waals surface area (Å²) in [7, 11) is 1.50. The molecule has 0 unspecified atom stereocenters. The lowest BCUT2D eigenvalue weighted by Crippen LogP contribution is -2.31. The Labute approximate surface area is 159 Å². The largest absolute Gasteiger partial charge is 0.480 e. The Hall–Kier alpha value is -2.91. The van der Waals surface area contributed by atoms with Gasteiger partial charge in [0.25, 0.3) is 5.91 Å². The molecule has 1 aliphatic rings. The van der Waals surface area contributed by atoms with Crippen LogP contribution in [0.3, 0.4) is 0 Å². The average Bonchev–Trinajstić information content (AvgIpc) is 3.19. The summed E-state index contributed by atoms with van der Waals surface area (Å²) < 4.78 is 10.8. The molecule has 0 aliphatic carbocycles. The van der Waals surface area contributed by atoms with Crippen molar-refractivity contribution in [1.29, 1.82) is 5.26 Å². The molecule has 2 heterocycles. The number of nitriles is 1. The summed E-state index contributed by atoms with van der Waals surface area (Å²) in [6.07, 6.45) is 2.12. The fraction of sp³-hybridized carbons (Fsp3) is 0.381. The summed E-state index contributed by atoms with van der Waals surface area (Å²) in [6, 6.07) is 9.53. The molecule has 6 nitrogen and oxygen atoms in total. The molecule has 1 N–H and O–H groups in total. The van der Waals surface area contributed by atoms with E-state index >= 15 is 0 Å². The van der Waals surface area contributed by atoms with Gasteiger partial charge in [-0.25, -0.2) is 4.98 Å². The number of aryl methyl sites for hydroxylation is 1. The number of methoxy groups -OCH3 is 1. The number of hydrogen-bond donors (Lipinski definition) is 1. The van der Waals surface area contributed by atoms with Gasteiger partial charge in [0.1, 0.15) is 11.6 Å². The van der Waals surface area contributed by atoms with Crippen LogP contribution < -0.4 is 10.1 Å². The number of nitrogens with zero attached hydrogens (tertiary/aromatic N) is 2. The fourth-order valence-electron chi connectivity index (χ4n) is 3.46. The van der Waals surface area contributed by atoms with Gasteiger partial charge < -0.3 is 14.8 Å². The van der Waals surface area contributed by atoms with E-state index in [2.05, 4.69) is 16.4 Å². The Kier molecular flexibility index (Phi) is 5.72. The van der Waals surface area contributed by atoms with Crippen molar-refractivity contribution in [3.8, 4) is 23.1 Å². The Balaban J connectivity index is 1.89. The molecule has 1 fully saturated rings. The normalized spacial score (nSPS) is 16.0. The second-order valence-corrected chi connectivity index (χ2v) is 6.62. The van der Waals surface area contributed by atoms with Crippen molar-refractivity contribution in [3.05, 3.63) is 46.6 Å². The minimum Gasteiger partial charge on any atom is -0.480 e. The molecule has 1 aromatic carbocycles. The van der Waals surface area contributed by atoms with Crippen molar-refractivity contribution in [3.63, 3.8) is 0 Å². The van der Waals surface area contributed by atoms with E-state index in [1.807, 2.05) is 32.0 Å². The van der Waals surface area contributed by atoms with E-state index in [1.54, 1.807) is 6.07 Å². The third kappa shape index (κ3) is 3.93. The molecule has 1 saturated heterocycles. The topological polar surface area (TPSA) is 84.2 Å². The highest BCUT2D eigenvalue weighted by molar-refractivity contribution is 5.95. The van der Waals surface area contributed by atoms with E-state index in [0.29, 0.717) is 23.6 Å². The first-order valence-corrected chi connectivity index (χ1v) is 9.00. The van der Waals surface area contributed by atoms with Gasteiger partial charge in [-0.05, 0) is 49.9 Å². The number of carbonyl (C=O) groups is 1. The molecule has 0 saturated carbocycles. The number of amides is 1. The summed E-state index contributed by atoms with van der Waals surface area (Å²) in [6.45, 7) is 5.02. The summed E-state index contributed by atoms with van der Waals surface area (Å²) in [5, 5.41) is 12.4. The number of carbonyl (C=O) groups excluding carboxylic acids is 1. The number of aromatic nitrogens is 1. The number of rotatable bonds is 5. The lowest BCUT2D eigenvalue weighted by Gasteiger charge is -2.15. The lowest BCUT2D eigenvalue weighted by molar-refractivity contribution is 0.0858. The van der Waals surface area contributed by atoms with E-state index in [9.17, 15) is 10.1 Å². The highest BCUT2D eigenvalue weighted by Gasteiger charge is 2.19. The van der Waals surface area contributed by atoms with Gasteiger partial charge in [-0.3, -0.25) is 4.79 Å². The highest BCUT2D eigenvalue weighted by Crippen LogP contribution is 2.32. The summed E-state index contributed by atoms with van der Waals surface area (Å²) >= 11 is 0. The molecule has 1 atom stereocenters. The fourth-order valence-corrected chi connectivity index (χ4v) is 3.46. The molecule has 27 heavy (non-hydrogen) atoms. The van der Waals surface area contributed by atoms with Crippen molar-refractivity contribution in [2.24, 2.45) is 0 Å². The summed E-state index contributed by atoms with van der Waals surface area (Å²) in [5.74, 6) is 0.186. The van der Waals surface area contributed by atoms with Crippen molar-refractivity contribution in [2.45, 2.75) is 32.8 Å². The molecule has 2 aromatic rings. The molecule has 140 valence electrons. The maximum Gasteiger partial charge on any atom is 0.251 e. The molecule has 0 radical (unpaired) electrons. The molecule has 1 aromatic heterocycles. The number of benzene rings is 1. The molecule has 1 aliphatic heterocycles. The second-order valence-electron chi connectivity index (χ2n) is 6.62. The van der Waals surface area contributed by atoms with Crippen LogP contribution in [0, 0.1) is 25.2 Å². The third-order valence-electron chi connectivity index (χ3n) is 4.83. The van der Waals surface area contributed by atoms with Gasteiger partial charge in [-0.2, -0.15) is 5.26 Å². The van der Waals surface area contributed by atoms with Crippen molar-refractivity contribution in [2.75, 3.05) is 20.3 Å². The minimum absolute atomic E-state index is 0.102. The summed E-state index contributed by atoms with van der Waals surface area (Å²) in [4.78, 5) is 16.9. The monoisotopic (exact) mass is 365 g/mol. The molecule has 0 bridgehead atoms. The van der Waals surface area contributed by atoms with Gasteiger partial charge in [-0.15, -0.1) is 0 Å². The zero-order chi connectivity index (χ0) is 19.4. The molecular formula is C21H23N3O3. The Bertz CT molecular complexity index is 896. The number of ether oxygens (including phenoxy) is 2. The van der Waals surface area contributed by atoms with Gasteiger partial charge in [0, 0.05) is 30.0 Å². The average molecular weight is 365 g/mol. The van der Waals surface area contributed by atoms with Crippen LogP contribution in [-0.2, 0) is 4.74 Å². The predicted octanol–water partition coefficient (Wildman–Crippen LogP) is 3.15. The van der Waals surface area contributed by atoms with E-state index in [0.717, 1.165) is 41.8 Å².